The van der Waals surface area contributed by atoms with Gasteiger partial charge in [-0.15, -0.1) is 0 Å². The Morgan fingerprint density at radius 1 is 0.902 bits per heavy atom. The zero-order valence-electron chi connectivity index (χ0n) is 22.2. The molecule has 4 aromatic carbocycles. The number of benzene rings is 4. The first-order chi connectivity index (χ1) is 19.5. The molecule has 5 rings (SSSR count). The second kappa shape index (κ2) is 11.3. The van der Waals surface area contributed by atoms with Crippen LogP contribution in [-0.4, -0.2) is 53.3 Å². The van der Waals surface area contributed by atoms with Gasteiger partial charge in [0.15, 0.2) is 0 Å². The molecule has 5 aromatic rings. The summed E-state index contributed by atoms with van der Waals surface area (Å²) in [5, 5.41) is 13.4. The maximum Gasteiger partial charge on any atom is 0.264 e. The molecule has 0 amide bonds. The molecule has 41 heavy (non-hydrogen) atoms. The largest absolute Gasteiger partial charge is 0.495 e. The van der Waals surface area contributed by atoms with Gasteiger partial charge in [0.05, 0.1) is 30.3 Å². The highest BCUT2D eigenvalue weighted by molar-refractivity contribution is 7.92. The Morgan fingerprint density at radius 2 is 1.49 bits per heavy atom. The van der Waals surface area contributed by atoms with Crippen molar-refractivity contribution in [2.45, 2.75) is 22.4 Å². The minimum Gasteiger partial charge on any atom is -0.495 e. The first kappa shape index (κ1) is 28.9. The van der Waals surface area contributed by atoms with Gasteiger partial charge < -0.3 is 14.4 Å². The van der Waals surface area contributed by atoms with Crippen LogP contribution in [0.25, 0.3) is 21.8 Å². The number of fused-ring (bicyclic) bond motifs is 3. The molecule has 1 atom stereocenters. The van der Waals surface area contributed by atoms with Gasteiger partial charge in [0.2, 0.25) is 10.0 Å². The van der Waals surface area contributed by atoms with Gasteiger partial charge in [-0.3, -0.25) is 4.31 Å². The van der Waals surface area contributed by atoms with Crippen LogP contribution >= 0.6 is 11.6 Å². The van der Waals surface area contributed by atoms with E-state index in [9.17, 15) is 21.9 Å². The van der Waals surface area contributed by atoms with Crippen molar-refractivity contribution in [3.8, 4) is 5.75 Å². The van der Waals surface area contributed by atoms with Crippen LogP contribution in [0, 0.1) is 0 Å². The maximum atomic E-state index is 13.4. The average Bonchev–Trinajstić information content (AvgIpc) is 3.29. The van der Waals surface area contributed by atoms with Gasteiger partial charge in [-0.2, -0.15) is 0 Å². The molecule has 0 aliphatic carbocycles. The molecular weight excluding hydrogens is 586 g/mol. The van der Waals surface area contributed by atoms with Crippen LogP contribution in [0.15, 0.2) is 101 Å². The van der Waals surface area contributed by atoms with Crippen molar-refractivity contribution in [2.75, 3.05) is 25.0 Å². The van der Waals surface area contributed by atoms with Gasteiger partial charge in [-0.1, -0.05) is 48.0 Å². The second-order valence-electron chi connectivity index (χ2n) is 9.41. The Bertz CT molecular complexity index is 1890. The highest BCUT2D eigenvalue weighted by Crippen LogP contribution is 2.32. The molecule has 0 radical (unpaired) electrons. The summed E-state index contributed by atoms with van der Waals surface area (Å²) >= 11 is 5.89. The summed E-state index contributed by atoms with van der Waals surface area (Å²) in [5.41, 5.74) is 1.96. The summed E-state index contributed by atoms with van der Waals surface area (Å²) < 4.78 is 63.7. The number of hydrogen-bond donors (Lipinski definition) is 2. The van der Waals surface area contributed by atoms with Crippen LogP contribution in [-0.2, 0) is 26.6 Å². The maximum absolute atomic E-state index is 13.4. The monoisotopic (exact) mass is 613 g/mol. The summed E-state index contributed by atoms with van der Waals surface area (Å²) in [4.78, 5) is -0.268. The third-order valence-electron chi connectivity index (χ3n) is 6.85. The molecule has 0 fully saturated rings. The number of methoxy groups -OCH3 is 1. The predicted molar refractivity (Wildman–Crippen MR) is 161 cm³/mol. The van der Waals surface area contributed by atoms with E-state index in [0.29, 0.717) is 5.02 Å². The lowest BCUT2D eigenvalue weighted by molar-refractivity contribution is 0.161. The van der Waals surface area contributed by atoms with E-state index in [-0.39, 0.29) is 34.3 Å². The minimum absolute atomic E-state index is 0.00377. The Labute approximate surface area is 243 Å². The number of nitrogens with one attached hydrogen (secondary N) is 1. The van der Waals surface area contributed by atoms with E-state index in [1.54, 1.807) is 0 Å². The molecule has 12 heteroatoms. The van der Waals surface area contributed by atoms with Crippen molar-refractivity contribution in [1.82, 2.24) is 9.29 Å². The number of nitrogens with zero attached hydrogens (tertiary/aromatic N) is 2. The van der Waals surface area contributed by atoms with Crippen molar-refractivity contribution in [3.05, 3.63) is 96.0 Å². The zero-order valence-corrected chi connectivity index (χ0v) is 24.6. The summed E-state index contributed by atoms with van der Waals surface area (Å²) in [6.45, 7) is -0.134. The second-order valence-corrected chi connectivity index (χ2v) is 13.6. The SMILES string of the molecule is COc1ccc(N(C)S(=O)(=O)c2ccc(Cl)cc2)cc1S(=O)(=O)NCC(O)Cn1c2ccccc2c2ccccc21. The molecule has 0 bridgehead atoms. The highest BCUT2D eigenvalue weighted by atomic mass is 35.5. The summed E-state index contributed by atoms with van der Waals surface area (Å²) in [5.74, 6) is 0.0235. The van der Waals surface area contributed by atoms with Crippen molar-refractivity contribution in [1.29, 1.82) is 0 Å². The molecule has 0 aliphatic heterocycles. The van der Waals surface area contributed by atoms with Crippen LogP contribution in [0.1, 0.15) is 0 Å². The third kappa shape index (κ3) is 5.64. The summed E-state index contributed by atoms with van der Waals surface area (Å²) in [6.07, 6.45) is -1.06. The van der Waals surface area contributed by atoms with E-state index >= 15 is 0 Å². The number of rotatable bonds is 10. The molecule has 9 nitrogen and oxygen atoms in total. The van der Waals surface area contributed by atoms with Crippen LogP contribution in [0.5, 0.6) is 5.75 Å². The number of anilines is 1. The fourth-order valence-corrected chi connectivity index (χ4v) is 7.31. The normalized spacial score (nSPS) is 13.0. The number of halogens is 1. The highest BCUT2D eigenvalue weighted by Gasteiger charge is 2.26. The van der Waals surface area contributed by atoms with E-state index < -0.39 is 26.2 Å². The number of hydrogen-bond acceptors (Lipinski definition) is 6. The quantitative estimate of drug-likeness (QED) is 0.237. The lowest BCUT2D eigenvalue weighted by atomic mass is 10.2. The number of aromatic nitrogens is 1. The molecule has 2 N–H and O–H groups in total. The fraction of sp³-hybridized carbons (Fsp3) is 0.172. The Balaban J connectivity index is 1.38. The fourth-order valence-electron chi connectivity index (χ4n) is 4.73. The molecule has 1 heterocycles. The van der Waals surface area contributed by atoms with Gasteiger partial charge in [0.1, 0.15) is 10.6 Å². The van der Waals surface area contributed by atoms with Gasteiger partial charge in [0.25, 0.3) is 10.0 Å². The van der Waals surface area contributed by atoms with Crippen molar-refractivity contribution >= 4 is 59.1 Å². The van der Waals surface area contributed by atoms with Gasteiger partial charge in [-0.25, -0.2) is 21.6 Å². The average molecular weight is 614 g/mol. The smallest absolute Gasteiger partial charge is 0.264 e. The van der Waals surface area contributed by atoms with Gasteiger partial charge >= 0.3 is 0 Å². The molecular formula is C29H28ClN3O6S2. The van der Waals surface area contributed by atoms with Gasteiger partial charge in [0, 0.05) is 40.4 Å². The molecule has 1 unspecified atom stereocenters. The Morgan fingerprint density at radius 3 is 2.07 bits per heavy atom. The van der Waals surface area contributed by atoms with Gasteiger partial charge in [-0.05, 0) is 54.6 Å². The van der Waals surface area contributed by atoms with Crippen molar-refractivity contribution in [2.24, 2.45) is 0 Å². The van der Waals surface area contributed by atoms with Crippen molar-refractivity contribution < 1.29 is 26.7 Å². The number of para-hydroxylation sites is 2. The standard InChI is InChI=1S/C29H28ClN3O6S2/c1-32(41(37,38)23-14-11-20(30)12-15-23)21-13-16-28(39-2)29(17-21)40(35,36)31-18-22(34)19-33-26-9-5-3-7-24(26)25-8-4-6-10-27(25)33/h3-17,22,31,34H,18-19H2,1-2H3. The molecule has 0 aliphatic rings. The molecule has 1 aromatic heterocycles. The van der Waals surface area contributed by atoms with E-state index in [4.69, 9.17) is 16.3 Å². The van der Waals surface area contributed by atoms with E-state index in [1.165, 1.54) is 56.6 Å². The van der Waals surface area contributed by atoms with E-state index in [2.05, 4.69) is 4.72 Å². The van der Waals surface area contributed by atoms with Crippen LogP contribution in [0.4, 0.5) is 5.69 Å². The number of ether oxygens (including phenoxy) is 1. The number of aliphatic hydroxyl groups excluding tert-OH is 1. The van der Waals surface area contributed by atoms with Crippen LogP contribution in [0.3, 0.4) is 0 Å². The third-order valence-corrected chi connectivity index (χ3v) is 10.4. The number of sulfonamides is 2. The molecule has 0 saturated heterocycles. The summed E-state index contributed by atoms with van der Waals surface area (Å²) in [7, 11) is -5.58. The van der Waals surface area contributed by atoms with E-state index in [1.807, 2.05) is 53.1 Å². The van der Waals surface area contributed by atoms with Crippen LogP contribution in [0.2, 0.25) is 5.02 Å². The zero-order chi connectivity index (χ0) is 29.4. The predicted octanol–water partition coefficient (Wildman–Crippen LogP) is 4.62. The first-order valence-electron chi connectivity index (χ1n) is 12.6. The Kier molecular flexibility index (Phi) is 8.00. The Hall–Kier alpha value is -3.61. The van der Waals surface area contributed by atoms with Crippen LogP contribution < -0.4 is 13.8 Å². The molecule has 214 valence electrons. The topological polar surface area (TPSA) is 118 Å². The van der Waals surface area contributed by atoms with Crippen molar-refractivity contribution in [3.63, 3.8) is 0 Å². The number of aliphatic hydroxyl groups is 1. The first-order valence-corrected chi connectivity index (χ1v) is 15.9. The van der Waals surface area contributed by atoms with E-state index in [0.717, 1.165) is 26.1 Å². The lowest BCUT2D eigenvalue weighted by Crippen LogP contribution is -2.34. The molecule has 0 spiro atoms. The molecule has 0 saturated carbocycles. The summed E-state index contributed by atoms with van der Waals surface area (Å²) in [6, 6.07) is 25.3. The lowest BCUT2D eigenvalue weighted by Gasteiger charge is -2.21. The minimum atomic E-state index is -4.22.